The summed E-state index contributed by atoms with van der Waals surface area (Å²) in [6.45, 7) is 0.264. The smallest absolute Gasteiger partial charge is 0.315 e. The van der Waals surface area contributed by atoms with Crippen molar-refractivity contribution in [3.05, 3.63) is 17.5 Å². The second kappa shape index (κ2) is 8.45. The van der Waals surface area contributed by atoms with Crippen LogP contribution in [0.3, 0.4) is 0 Å². The number of rotatable bonds is 7. The highest BCUT2D eigenvalue weighted by atomic mass is 32.2. The Morgan fingerprint density at radius 1 is 1.21 bits per heavy atom. The number of carbonyl (C=O) groups is 2. The zero-order valence-electron chi connectivity index (χ0n) is 13.0. The summed E-state index contributed by atoms with van der Waals surface area (Å²) in [5, 5.41) is 16.0. The quantitative estimate of drug-likeness (QED) is 0.529. The van der Waals surface area contributed by atoms with E-state index in [-0.39, 0.29) is 35.3 Å². The highest BCUT2D eigenvalue weighted by Gasteiger charge is 2.26. The zero-order chi connectivity index (χ0) is 17.6. The molecule has 0 bridgehead atoms. The number of hydrogen-bond acceptors (Lipinski definition) is 5. The fraction of sp³-hybridized carbons (Fsp3) is 0.571. The van der Waals surface area contributed by atoms with Crippen LogP contribution in [0.25, 0.3) is 0 Å². The molecular formula is C14H21N3O5S2. The van der Waals surface area contributed by atoms with Crippen molar-refractivity contribution >= 4 is 33.4 Å². The monoisotopic (exact) mass is 375 g/mol. The van der Waals surface area contributed by atoms with Gasteiger partial charge in [0.2, 0.25) is 10.0 Å². The lowest BCUT2D eigenvalue weighted by Gasteiger charge is -2.26. The first kappa shape index (κ1) is 18.7. The number of carboxylic acid groups (broad SMARTS) is 1. The number of sulfonamides is 1. The molecule has 0 spiro atoms. The molecule has 24 heavy (non-hydrogen) atoms. The van der Waals surface area contributed by atoms with E-state index < -0.39 is 16.0 Å². The van der Waals surface area contributed by atoms with Gasteiger partial charge in [-0.1, -0.05) is 6.07 Å². The molecule has 4 N–H and O–H groups in total. The van der Waals surface area contributed by atoms with Gasteiger partial charge < -0.3 is 15.7 Å². The largest absolute Gasteiger partial charge is 0.481 e. The number of urea groups is 1. The van der Waals surface area contributed by atoms with E-state index in [0.29, 0.717) is 25.7 Å². The summed E-state index contributed by atoms with van der Waals surface area (Å²) in [6, 6.07) is 2.76. The molecule has 1 fully saturated rings. The Bertz CT molecular complexity index is 652. The minimum absolute atomic E-state index is 0.0385. The molecular weight excluding hydrogens is 354 g/mol. The van der Waals surface area contributed by atoms with Crippen LogP contribution in [0.5, 0.6) is 0 Å². The van der Waals surface area contributed by atoms with Crippen LogP contribution in [0, 0.1) is 5.92 Å². The number of thiophene rings is 1. The van der Waals surface area contributed by atoms with Gasteiger partial charge in [0.1, 0.15) is 4.21 Å². The molecule has 2 rings (SSSR count). The molecule has 0 aromatic carbocycles. The third-order valence-corrected chi connectivity index (χ3v) is 6.73. The molecule has 0 saturated heterocycles. The molecule has 1 aromatic rings. The van der Waals surface area contributed by atoms with Crippen molar-refractivity contribution in [2.45, 2.75) is 35.9 Å². The van der Waals surface area contributed by atoms with E-state index in [2.05, 4.69) is 15.4 Å². The van der Waals surface area contributed by atoms with Crippen molar-refractivity contribution in [1.82, 2.24) is 15.4 Å². The number of amides is 2. The molecule has 134 valence electrons. The molecule has 1 heterocycles. The average molecular weight is 375 g/mol. The maximum Gasteiger partial charge on any atom is 0.315 e. The molecule has 10 heteroatoms. The fourth-order valence-electron chi connectivity index (χ4n) is 2.57. The molecule has 0 radical (unpaired) electrons. The van der Waals surface area contributed by atoms with E-state index in [0.717, 1.165) is 11.3 Å². The maximum absolute atomic E-state index is 11.9. The van der Waals surface area contributed by atoms with E-state index in [9.17, 15) is 18.0 Å². The highest BCUT2D eigenvalue weighted by molar-refractivity contribution is 7.91. The van der Waals surface area contributed by atoms with Crippen LogP contribution in [-0.4, -0.2) is 44.7 Å². The standard InChI is InChI=1S/C14H21N3O5S2/c18-13(19)10-3-5-11(6-4-10)17-14(20)15-7-8-16-24(21,22)12-2-1-9-23-12/h1-2,9-11,16H,3-8H2,(H,18,19)(H2,15,17,20). The molecule has 1 aliphatic carbocycles. The van der Waals surface area contributed by atoms with Gasteiger partial charge in [-0.25, -0.2) is 17.9 Å². The van der Waals surface area contributed by atoms with Crippen LogP contribution in [-0.2, 0) is 14.8 Å². The maximum atomic E-state index is 11.9. The minimum atomic E-state index is -3.52. The van der Waals surface area contributed by atoms with Crippen molar-refractivity contribution in [3.63, 3.8) is 0 Å². The molecule has 2 amide bonds. The Morgan fingerprint density at radius 2 is 1.92 bits per heavy atom. The summed E-state index contributed by atoms with van der Waals surface area (Å²) >= 11 is 1.13. The molecule has 0 atom stereocenters. The van der Waals surface area contributed by atoms with Crippen molar-refractivity contribution in [3.8, 4) is 0 Å². The van der Waals surface area contributed by atoms with E-state index >= 15 is 0 Å². The number of hydrogen-bond donors (Lipinski definition) is 4. The lowest BCUT2D eigenvalue weighted by atomic mass is 9.86. The first-order chi connectivity index (χ1) is 11.4. The topological polar surface area (TPSA) is 125 Å². The second-order valence-electron chi connectivity index (χ2n) is 5.62. The van der Waals surface area contributed by atoms with Gasteiger partial charge in [0.05, 0.1) is 5.92 Å². The summed E-state index contributed by atoms with van der Waals surface area (Å²) in [4.78, 5) is 22.6. The van der Waals surface area contributed by atoms with E-state index in [1.54, 1.807) is 11.4 Å². The number of aliphatic carboxylic acids is 1. The summed E-state index contributed by atoms with van der Waals surface area (Å²) in [5.74, 6) is -1.10. The van der Waals surface area contributed by atoms with Crippen molar-refractivity contribution in [2.24, 2.45) is 5.92 Å². The lowest BCUT2D eigenvalue weighted by molar-refractivity contribution is -0.142. The zero-order valence-corrected chi connectivity index (χ0v) is 14.7. The number of carbonyl (C=O) groups excluding carboxylic acids is 1. The fourth-order valence-corrected chi connectivity index (χ4v) is 4.64. The van der Waals surface area contributed by atoms with Crippen molar-refractivity contribution in [2.75, 3.05) is 13.1 Å². The van der Waals surface area contributed by atoms with Crippen LogP contribution in [0.15, 0.2) is 21.7 Å². The van der Waals surface area contributed by atoms with Gasteiger partial charge in [-0.3, -0.25) is 4.79 Å². The van der Waals surface area contributed by atoms with Crippen LogP contribution in [0.4, 0.5) is 4.79 Å². The van der Waals surface area contributed by atoms with Crippen molar-refractivity contribution in [1.29, 1.82) is 0 Å². The second-order valence-corrected chi connectivity index (χ2v) is 8.56. The summed E-state index contributed by atoms with van der Waals surface area (Å²) in [7, 11) is -3.52. The van der Waals surface area contributed by atoms with Crippen LogP contribution in [0.2, 0.25) is 0 Å². The van der Waals surface area contributed by atoms with Gasteiger partial charge in [-0.05, 0) is 37.1 Å². The van der Waals surface area contributed by atoms with Gasteiger partial charge in [0.25, 0.3) is 0 Å². The molecule has 8 nitrogen and oxygen atoms in total. The van der Waals surface area contributed by atoms with Crippen LogP contribution < -0.4 is 15.4 Å². The number of carboxylic acids is 1. The molecule has 1 aromatic heterocycles. The highest BCUT2D eigenvalue weighted by Crippen LogP contribution is 2.24. The Hall–Kier alpha value is -1.65. The minimum Gasteiger partial charge on any atom is -0.481 e. The molecule has 1 aliphatic rings. The summed E-state index contributed by atoms with van der Waals surface area (Å²) in [5.41, 5.74) is 0. The van der Waals surface area contributed by atoms with Crippen LogP contribution >= 0.6 is 11.3 Å². The predicted molar refractivity (Wildman–Crippen MR) is 89.4 cm³/mol. The van der Waals surface area contributed by atoms with Gasteiger partial charge in [-0.2, -0.15) is 0 Å². The van der Waals surface area contributed by atoms with Gasteiger partial charge in [0.15, 0.2) is 0 Å². The number of nitrogens with one attached hydrogen (secondary N) is 3. The first-order valence-electron chi connectivity index (χ1n) is 7.69. The van der Waals surface area contributed by atoms with Gasteiger partial charge in [-0.15, -0.1) is 11.3 Å². The van der Waals surface area contributed by atoms with E-state index in [1.807, 2.05) is 0 Å². The Labute approximate surface area is 144 Å². The van der Waals surface area contributed by atoms with Gasteiger partial charge in [0, 0.05) is 19.1 Å². The van der Waals surface area contributed by atoms with E-state index in [4.69, 9.17) is 5.11 Å². The summed E-state index contributed by atoms with van der Waals surface area (Å²) in [6.07, 6.45) is 2.38. The first-order valence-corrected chi connectivity index (χ1v) is 10.0. The van der Waals surface area contributed by atoms with Crippen molar-refractivity contribution < 1.29 is 23.1 Å². The SMILES string of the molecule is O=C(NCCNS(=O)(=O)c1cccs1)NC1CCC(C(=O)O)CC1. The molecule has 1 saturated carbocycles. The lowest BCUT2D eigenvalue weighted by Crippen LogP contribution is -2.46. The Morgan fingerprint density at radius 3 is 2.50 bits per heavy atom. The van der Waals surface area contributed by atoms with Gasteiger partial charge >= 0.3 is 12.0 Å². The molecule has 0 unspecified atom stereocenters. The average Bonchev–Trinajstić information content (AvgIpc) is 3.07. The molecule has 0 aliphatic heterocycles. The summed E-state index contributed by atoms with van der Waals surface area (Å²) < 4.78 is 26.4. The third-order valence-electron chi connectivity index (χ3n) is 3.87. The Kier molecular flexibility index (Phi) is 6.58. The third kappa shape index (κ3) is 5.46. The predicted octanol–water partition coefficient (Wildman–Crippen LogP) is 0.969. The van der Waals surface area contributed by atoms with Crippen LogP contribution in [0.1, 0.15) is 25.7 Å². The van der Waals surface area contributed by atoms with E-state index in [1.165, 1.54) is 6.07 Å². The normalized spacial score (nSPS) is 21.2. The Balaban J connectivity index is 1.63.